The van der Waals surface area contributed by atoms with Gasteiger partial charge in [0.25, 0.3) is 0 Å². The minimum atomic E-state index is -2.99. The maximum atomic E-state index is 11.7. The maximum absolute atomic E-state index is 11.7. The Labute approximate surface area is 91.5 Å². The van der Waals surface area contributed by atoms with Crippen molar-refractivity contribution in [1.82, 2.24) is 4.31 Å². The van der Waals surface area contributed by atoms with Gasteiger partial charge < -0.3 is 0 Å². The molecule has 0 radical (unpaired) electrons. The van der Waals surface area contributed by atoms with Crippen LogP contribution in [0.3, 0.4) is 0 Å². The summed E-state index contributed by atoms with van der Waals surface area (Å²) < 4.78 is 25.1. The van der Waals surface area contributed by atoms with E-state index in [4.69, 9.17) is 11.6 Å². The molecule has 3 nitrogen and oxygen atoms in total. The lowest BCUT2D eigenvalue weighted by atomic mass is 10.2. The summed E-state index contributed by atoms with van der Waals surface area (Å²) in [4.78, 5) is 0. The molecule has 1 heterocycles. The highest BCUT2D eigenvalue weighted by atomic mass is 35.5. The van der Waals surface area contributed by atoms with Gasteiger partial charge in [0.15, 0.2) is 0 Å². The molecule has 1 aliphatic heterocycles. The van der Waals surface area contributed by atoms with Gasteiger partial charge in [-0.25, -0.2) is 12.7 Å². The van der Waals surface area contributed by atoms with Crippen molar-refractivity contribution < 1.29 is 8.42 Å². The molecular formula is C9H18ClNO2S. The van der Waals surface area contributed by atoms with Gasteiger partial charge in [0.2, 0.25) is 10.0 Å². The molecule has 14 heavy (non-hydrogen) atoms. The average molecular weight is 240 g/mol. The standard InChI is InChI=1S/C9H18ClNO2S/c1-2-3-8-14(12,13)11-6-4-9(10)5-7-11/h9H,2-8H2,1H3. The Morgan fingerprint density at radius 2 is 1.93 bits per heavy atom. The highest BCUT2D eigenvalue weighted by Crippen LogP contribution is 2.18. The molecule has 0 N–H and O–H groups in total. The van der Waals surface area contributed by atoms with Crippen molar-refractivity contribution in [2.24, 2.45) is 0 Å². The van der Waals surface area contributed by atoms with Crippen molar-refractivity contribution >= 4 is 21.6 Å². The zero-order valence-corrected chi connectivity index (χ0v) is 10.1. The third-order valence-electron chi connectivity index (χ3n) is 2.53. The fourth-order valence-electron chi connectivity index (χ4n) is 1.56. The molecule has 0 aromatic rings. The molecule has 84 valence electrons. The van der Waals surface area contributed by atoms with E-state index in [-0.39, 0.29) is 11.1 Å². The van der Waals surface area contributed by atoms with Crippen LogP contribution in [0.25, 0.3) is 0 Å². The number of alkyl halides is 1. The van der Waals surface area contributed by atoms with Crippen LogP contribution in [0, 0.1) is 0 Å². The number of hydrogen-bond acceptors (Lipinski definition) is 2. The topological polar surface area (TPSA) is 37.4 Å². The minimum absolute atomic E-state index is 0.160. The van der Waals surface area contributed by atoms with Crippen molar-refractivity contribution in [2.75, 3.05) is 18.8 Å². The fourth-order valence-corrected chi connectivity index (χ4v) is 3.43. The highest BCUT2D eigenvalue weighted by molar-refractivity contribution is 7.89. The summed E-state index contributed by atoms with van der Waals surface area (Å²) in [7, 11) is -2.99. The molecule has 1 rings (SSSR count). The number of halogens is 1. The van der Waals surface area contributed by atoms with Gasteiger partial charge in [-0.2, -0.15) is 0 Å². The summed E-state index contributed by atoms with van der Waals surface area (Å²) in [5.41, 5.74) is 0. The first kappa shape index (κ1) is 12.3. The van der Waals surface area contributed by atoms with Crippen LogP contribution in [0.5, 0.6) is 0 Å². The van der Waals surface area contributed by atoms with Crippen LogP contribution in [0.4, 0.5) is 0 Å². The van der Waals surface area contributed by atoms with E-state index >= 15 is 0 Å². The molecule has 0 unspecified atom stereocenters. The van der Waals surface area contributed by atoms with Crippen LogP contribution in [-0.2, 0) is 10.0 Å². The molecule has 0 bridgehead atoms. The Morgan fingerprint density at radius 3 is 2.43 bits per heavy atom. The van der Waals surface area contributed by atoms with Crippen molar-refractivity contribution in [1.29, 1.82) is 0 Å². The summed E-state index contributed by atoms with van der Waals surface area (Å²) in [5.74, 6) is 0.288. The summed E-state index contributed by atoms with van der Waals surface area (Å²) in [5, 5.41) is 0.160. The van der Waals surface area contributed by atoms with E-state index in [0.29, 0.717) is 13.1 Å². The molecular weight excluding hydrogens is 222 g/mol. The largest absolute Gasteiger partial charge is 0.214 e. The lowest BCUT2D eigenvalue weighted by Gasteiger charge is -2.28. The predicted molar refractivity (Wildman–Crippen MR) is 59.1 cm³/mol. The van der Waals surface area contributed by atoms with Crippen molar-refractivity contribution in [3.63, 3.8) is 0 Å². The Morgan fingerprint density at radius 1 is 1.36 bits per heavy atom. The summed E-state index contributed by atoms with van der Waals surface area (Å²) in [6.45, 7) is 3.20. The molecule has 1 saturated heterocycles. The Balaban J connectivity index is 2.47. The lowest BCUT2D eigenvalue weighted by Crippen LogP contribution is -2.39. The first-order valence-corrected chi connectivity index (χ1v) is 7.22. The Bertz CT molecular complexity index is 258. The quantitative estimate of drug-likeness (QED) is 0.702. The smallest absolute Gasteiger partial charge is 0.212 e. The molecule has 0 aliphatic carbocycles. The van der Waals surface area contributed by atoms with Gasteiger partial charge in [-0.1, -0.05) is 13.3 Å². The summed E-state index contributed by atoms with van der Waals surface area (Å²) >= 11 is 5.91. The monoisotopic (exact) mass is 239 g/mol. The van der Waals surface area contributed by atoms with Crippen LogP contribution in [0.1, 0.15) is 32.6 Å². The second kappa shape index (κ2) is 5.33. The van der Waals surface area contributed by atoms with Gasteiger partial charge in [0.1, 0.15) is 0 Å². The Kier molecular flexibility index (Phi) is 4.67. The molecule has 0 amide bonds. The van der Waals surface area contributed by atoms with Gasteiger partial charge in [0.05, 0.1) is 5.75 Å². The number of rotatable bonds is 4. The van der Waals surface area contributed by atoms with E-state index in [9.17, 15) is 8.42 Å². The molecule has 0 spiro atoms. The number of sulfonamides is 1. The minimum Gasteiger partial charge on any atom is -0.212 e. The number of piperidine rings is 1. The lowest BCUT2D eigenvalue weighted by molar-refractivity contribution is 0.349. The highest BCUT2D eigenvalue weighted by Gasteiger charge is 2.26. The second-order valence-corrected chi connectivity index (χ2v) is 6.45. The van der Waals surface area contributed by atoms with Gasteiger partial charge >= 0.3 is 0 Å². The fraction of sp³-hybridized carbons (Fsp3) is 1.00. The zero-order chi connectivity index (χ0) is 10.6. The summed E-state index contributed by atoms with van der Waals surface area (Å²) in [6, 6.07) is 0. The van der Waals surface area contributed by atoms with E-state index in [0.717, 1.165) is 25.7 Å². The van der Waals surface area contributed by atoms with Crippen molar-refractivity contribution in [3.05, 3.63) is 0 Å². The third-order valence-corrected chi connectivity index (χ3v) is 4.93. The molecule has 1 fully saturated rings. The number of unbranched alkanes of at least 4 members (excludes halogenated alkanes) is 1. The van der Waals surface area contributed by atoms with Crippen molar-refractivity contribution in [3.8, 4) is 0 Å². The van der Waals surface area contributed by atoms with Crippen molar-refractivity contribution in [2.45, 2.75) is 38.0 Å². The summed E-state index contributed by atoms with van der Waals surface area (Å²) in [6.07, 6.45) is 3.24. The van der Waals surface area contributed by atoms with Crippen LogP contribution < -0.4 is 0 Å². The molecule has 0 aromatic carbocycles. The van der Waals surface area contributed by atoms with Crippen LogP contribution in [0.15, 0.2) is 0 Å². The average Bonchev–Trinajstić information content (AvgIpc) is 2.16. The Hall–Kier alpha value is 0.200. The number of nitrogens with zero attached hydrogens (tertiary/aromatic N) is 1. The molecule has 5 heteroatoms. The first-order chi connectivity index (χ1) is 6.56. The van der Waals surface area contributed by atoms with E-state index in [1.165, 1.54) is 0 Å². The molecule has 1 aliphatic rings. The van der Waals surface area contributed by atoms with E-state index < -0.39 is 10.0 Å². The van der Waals surface area contributed by atoms with Gasteiger partial charge in [0, 0.05) is 18.5 Å². The molecule has 0 atom stereocenters. The van der Waals surface area contributed by atoms with Gasteiger partial charge in [-0.3, -0.25) is 0 Å². The second-order valence-electron chi connectivity index (χ2n) is 3.74. The van der Waals surface area contributed by atoms with Gasteiger partial charge in [-0.05, 0) is 19.3 Å². The SMILES string of the molecule is CCCCS(=O)(=O)N1CCC(Cl)CC1. The molecule has 0 aromatic heterocycles. The molecule has 0 saturated carbocycles. The number of hydrogen-bond donors (Lipinski definition) is 0. The van der Waals surface area contributed by atoms with E-state index in [1.807, 2.05) is 6.92 Å². The zero-order valence-electron chi connectivity index (χ0n) is 8.58. The third kappa shape index (κ3) is 3.41. The predicted octanol–water partition coefficient (Wildman–Crippen LogP) is 1.82. The van der Waals surface area contributed by atoms with Crippen LogP contribution in [0.2, 0.25) is 0 Å². The normalized spacial score (nSPS) is 21.3. The van der Waals surface area contributed by atoms with E-state index in [2.05, 4.69) is 0 Å². The van der Waals surface area contributed by atoms with Crippen LogP contribution >= 0.6 is 11.6 Å². The first-order valence-electron chi connectivity index (χ1n) is 5.18. The maximum Gasteiger partial charge on any atom is 0.214 e. The van der Waals surface area contributed by atoms with Gasteiger partial charge in [-0.15, -0.1) is 11.6 Å². The van der Waals surface area contributed by atoms with Crippen LogP contribution in [-0.4, -0.2) is 36.9 Å². The van der Waals surface area contributed by atoms with E-state index in [1.54, 1.807) is 4.31 Å².